The first-order chi connectivity index (χ1) is 14.4. The van der Waals surface area contributed by atoms with Crippen molar-refractivity contribution in [3.05, 3.63) is 114 Å². The van der Waals surface area contributed by atoms with Gasteiger partial charge in [-0.1, -0.05) is 91.0 Å². The van der Waals surface area contributed by atoms with E-state index in [9.17, 15) is 0 Å². The van der Waals surface area contributed by atoms with Crippen molar-refractivity contribution in [1.82, 2.24) is 5.32 Å². The fourth-order valence-electron chi connectivity index (χ4n) is 3.65. The Morgan fingerprint density at radius 3 is 2.03 bits per heavy atom. The average Bonchev–Trinajstić information content (AvgIpc) is 2.79. The van der Waals surface area contributed by atoms with Gasteiger partial charge in [0, 0.05) is 18.5 Å². The van der Waals surface area contributed by atoms with Gasteiger partial charge < -0.3 is 10.1 Å². The van der Waals surface area contributed by atoms with Crippen molar-refractivity contribution in [1.29, 1.82) is 0 Å². The summed E-state index contributed by atoms with van der Waals surface area (Å²) < 4.78 is 6.22. The van der Waals surface area contributed by atoms with Crippen LogP contribution >= 0.6 is 0 Å². The summed E-state index contributed by atoms with van der Waals surface area (Å²) in [6.07, 6.45) is 1.93. The van der Waals surface area contributed by atoms with Crippen molar-refractivity contribution in [2.45, 2.75) is 19.4 Å². The largest absolute Gasteiger partial charge is 0.493 e. The second-order valence-electron chi connectivity index (χ2n) is 7.26. The summed E-state index contributed by atoms with van der Waals surface area (Å²) in [5.41, 5.74) is 3.90. The Kier molecular flexibility index (Phi) is 6.56. The lowest BCUT2D eigenvalue weighted by molar-refractivity contribution is 0.318. The second kappa shape index (κ2) is 9.90. The molecule has 1 N–H and O–H groups in total. The quantitative estimate of drug-likeness (QED) is 0.370. The Bertz CT molecular complexity index is 1030. The summed E-state index contributed by atoms with van der Waals surface area (Å²) in [4.78, 5) is 0. The minimum Gasteiger partial charge on any atom is -0.493 e. The van der Waals surface area contributed by atoms with Crippen LogP contribution in [-0.4, -0.2) is 13.2 Å². The molecule has 0 aliphatic heterocycles. The number of fused-ring (bicyclic) bond motifs is 1. The first-order valence-electron chi connectivity index (χ1n) is 10.3. The molecule has 0 aliphatic rings. The van der Waals surface area contributed by atoms with Crippen LogP contribution in [-0.2, 0) is 19.4 Å². The zero-order chi connectivity index (χ0) is 19.7. The van der Waals surface area contributed by atoms with Crippen LogP contribution in [0.25, 0.3) is 10.8 Å². The van der Waals surface area contributed by atoms with Crippen LogP contribution in [0.3, 0.4) is 0 Å². The molecule has 0 saturated carbocycles. The van der Waals surface area contributed by atoms with Crippen molar-refractivity contribution in [2.24, 2.45) is 0 Å². The first kappa shape index (κ1) is 19.2. The first-order valence-corrected chi connectivity index (χ1v) is 10.3. The highest BCUT2D eigenvalue weighted by atomic mass is 16.5. The summed E-state index contributed by atoms with van der Waals surface area (Å²) in [5, 5.41) is 6.12. The molecule has 0 bridgehead atoms. The number of ether oxygens (including phenoxy) is 1. The highest BCUT2D eigenvalue weighted by Gasteiger charge is 2.09. The molecule has 0 radical (unpaired) electrons. The van der Waals surface area contributed by atoms with E-state index in [2.05, 4.69) is 96.3 Å². The highest BCUT2D eigenvalue weighted by molar-refractivity contribution is 5.87. The summed E-state index contributed by atoms with van der Waals surface area (Å²) in [5.74, 6) is 0.979. The fourth-order valence-corrected chi connectivity index (χ4v) is 3.65. The predicted molar refractivity (Wildman–Crippen MR) is 121 cm³/mol. The van der Waals surface area contributed by atoms with E-state index in [1.807, 2.05) is 6.07 Å². The molecule has 146 valence electrons. The normalized spacial score (nSPS) is 10.9. The molecular formula is C27H27NO. The molecule has 4 aromatic carbocycles. The van der Waals surface area contributed by atoms with Crippen LogP contribution in [0.1, 0.15) is 16.7 Å². The van der Waals surface area contributed by atoms with Crippen molar-refractivity contribution < 1.29 is 4.74 Å². The molecule has 2 heteroatoms. The molecule has 0 spiro atoms. The molecule has 0 unspecified atom stereocenters. The van der Waals surface area contributed by atoms with Crippen molar-refractivity contribution in [2.75, 3.05) is 13.2 Å². The van der Waals surface area contributed by atoms with Gasteiger partial charge in [0.05, 0.1) is 6.61 Å². The number of benzene rings is 4. The van der Waals surface area contributed by atoms with E-state index in [0.29, 0.717) is 6.61 Å². The fraction of sp³-hybridized carbons (Fsp3) is 0.185. The minimum absolute atomic E-state index is 0.680. The van der Waals surface area contributed by atoms with E-state index in [0.717, 1.165) is 31.7 Å². The van der Waals surface area contributed by atoms with Gasteiger partial charge in [0.1, 0.15) is 5.75 Å². The van der Waals surface area contributed by atoms with Gasteiger partial charge in [-0.3, -0.25) is 0 Å². The van der Waals surface area contributed by atoms with Crippen LogP contribution in [0.5, 0.6) is 5.75 Å². The topological polar surface area (TPSA) is 21.3 Å². The Morgan fingerprint density at radius 2 is 1.28 bits per heavy atom. The molecule has 0 aromatic heterocycles. The third kappa shape index (κ3) is 5.24. The van der Waals surface area contributed by atoms with Gasteiger partial charge in [0.25, 0.3) is 0 Å². The molecule has 0 fully saturated rings. The van der Waals surface area contributed by atoms with E-state index in [-0.39, 0.29) is 0 Å². The molecule has 4 rings (SSSR count). The average molecular weight is 382 g/mol. The van der Waals surface area contributed by atoms with E-state index >= 15 is 0 Å². The lowest BCUT2D eigenvalue weighted by Crippen LogP contribution is -2.18. The lowest BCUT2D eigenvalue weighted by Gasteiger charge is -2.15. The van der Waals surface area contributed by atoms with Crippen LogP contribution < -0.4 is 10.1 Å². The Morgan fingerprint density at radius 1 is 0.621 bits per heavy atom. The van der Waals surface area contributed by atoms with Crippen LogP contribution in [0.4, 0.5) is 0 Å². The van der Waals surface area contributed by atoms with Gasteiger partial charge >= 0.3 is 0 Å². The van der Waals surface area contributed by atoms with Gasteiger partial charge in [-0.2, -0.15) is 0 Å². The third-order valence-corrected chi connectivity index (χ3v) is 5.22. The molecule has 0 amide bonds. The van der Waals surface area contributed by atoms with Crippen LogP contribution in [0.2, 0.25) is 0 Å². The van der Waals surface area contributed by atoms with Crippen molar-refractivity contribution >= 4 is 10.8 Å². The summed E-state index contributed by atoms with van der Waals surface area (Å²) in [7, 11) is 0. The van der Waals surface area contributed by atoms with Crippen molar-refractivity contribution in [3.8, 4) is 5.75 Å². The predicted octanol–water partition coefficient (Wildman–Crippen LogP) is 5.79. The highest BCUT2D eigenvalue weighted by Crippen LogP contribution is 2.28. The van der Waals surface area contributed by atoms with Crippen LogP contribution in [0, 0.1) is 0 Å². The third-order valence-electron chi connectivity index (χ3n) is 5.22. The van der Waals surface area contributed by atoms with E-state index in [1.54, 1.807) is 0 Å². The zero-order valence-electron chi connectivity index (χ0n) is 16.7. The van der Waals surface area contributed by atoms with Gasteiger partial charge in [-0.05, 0) is 40.9 Å². The number of nitrogens with one attached hydrogen (secondary N) is 1. The molecule has 29 heavy (non-hydrogen) atoms. The van der Waals surface area contributed by atoms with E-state index in [4.69, 9.17) is 4.74 Å². The lowest BCUT2D eigenvalue weighted by atomic mass is 10.0. The Hall–Kier alpha value is -3.10. The Labute approximate surface area is 173 Å². The SMILES string of the molecule is c1ccc(CCNCc2c(OCCc3ccccc3)ccc3ccccc23)cc1. The number of hydrogen-bond donors (Lipinski definition) is 1. The van der Waals surface area contributed by atoms with Gasteiger partial charge in [-0.25, -0.2) is 0 Å². The second-order valence-corrected chi connectivity index (χ2v) is 7.26. The maximum Gasteiger partial charge on any atom is 0.124 e. The number of rotatable bonds is 9. The van der Waals surface area contributed by atoms with Gasteiger partial charge in [-0.15, -0.1) is 0 Å². The molecule has 0 aliphatic carbocycles. The van der Waals surface area contributed by atoms with Crippen LogP contribution in [0.15, 0.2) is 97.1 Å². The van der Waals surface area contributed by atoms with E-state index < -0.39 is 0 Å². The van der Waals surface area contributed by atoms with Gasteiger partial charge in [0.2, 0.25) is 0 Å². The summed E-state index contributed by atoms with van der Waals surface area (Å²) >= 11 is 0. The minimum atomic E-state index is 0.680. The number of hydrogen-bond acceptors (Lipinski definition) is 2. The standard InChI is InChI=1S/C27H27NO/c1-3-9-22(10-4-1)17-19-28-21-26-25-14-8-7-13-24(25)15-16-27(26)29-20-18-23-11-5-2-6-12-23/h1-16,28H,17-21H2. The monoisotopic (exact) mass is 381 g/mol. The molecule has 0 atom stereocenters. The molecular weight excluding hydrogens is 354 g/mol. The van der Waals surface area contributed by atoms with Gasteiger partial charge in [0.15, 0.2) is 0 Å². The maximum atomic E-state index is 6.22. The Balaban J connectivity index is 1.43. The molecule has 4 aromatic rings. The van der Waals surface area contributed by atoms with E-state index in [1.165, 1.54) is 27.5 Å². The zero-order valence-corrected chi connectivity index (χ0v) is 16.7. The smallest absolute Gasteiger partial charge is 0.124 e. The maximum absolute atomic E-state index is 6.22. The molecule has 0 heterocycles. The molecule has 2 nitrogen and oxygen atoms in total. The van der Waals surface area contributed by atoms with Crippen molar-refractivity contribution in [3.63, 3.8) is 0 Å². The summed E-state index contributed by atoms with van der Waals surface area (Å²) in [6.45, 7) is 2.42. The molecule has 0 saturated heterocycles. The summed E-state index contributed by atoms with van der Waals surface area (Å²) in [6, 6.07) is 33.9.